The Balaban J connectivity index is 0.00000128. The maximum atomic E-state index is 2.50. The number of nitrogens with zero attached hydrogens (tertiary/aromatic N) is 2. The lowest BCUT2D eigenvalue weighted by Crippen LogP contribution is -3.00. The first-order chi connectivity index (χ1) is 7.07. The minimum absolute atomic E-state index is 0. The zero-order valence-corrected chi connectivity index (χ0v) is 11.2. The van der Waals surface area contributed by atoms with Gasteiger partial charge in [0, 0.05) is 5.69 Å². The fourth-order valence-electron chi connectivity index (χ4n) is 2.09. The van der Waals surface area contributed by atoms with Crippen LogP contribution in [0.3, 0.4) is 0 Å². The summed E-state index contributed by atoms with van der Waals surface area (Å²) in [5.74, 6) is 0. The molecule has 1 heterocycles. The normalized spacial score (nSPS) is 19.1. The number of benzene rings is 1. The summed E-state index contributed by atoms with van der Waals surface area (Å²) in [6, 6.07) is 8.82. The van der Waals surface area contributed by atoms with Crippen LogP contribution in [0.4, 0.5) is 5.69 Å². The molecule has 0 amide bonds. The van der Waals surface area contributed by atoms with E-state index in [2.05, 4.69) is 50.2 Å². The molecule has 0 spiro atoms. The Morgan fingerprint density at radius 1 is 1.12 bits per heavy atom. The zero-order valence-electron chi connectivity index (χ0n) is 10.4. The molecule has 0 unspecified atom stereocenters. The van der Waals surface area contributed by atoms with Gasteiger partial charge >= 0.3 is 0 Å². The van der Waals surface area contributed by atoms with E-state index in [-0.39, 0.29) is 12.4 Å². The number of quaternary nitrogens is 1. The highest BCUT2D eigenvalue weighted by Gasteiger charge is 2.24. The lowest BCUT2D eigenvalue weighted by Gasteiger charge is -2.40. The summed E-state index contributed by atoms with van der Waals surface area (Å²) in [4.78, 5) is 2.50. The molecule has 1 aliphatic heterocycles. The van der Waals surface area contributed by atoms with Crippen LogP contribution in [0.25, 0.3) is 0 Å². The number of hydrogen-bond acceptors (Lipinski definition) is 1. The molecule has 16 heavy (non-hydrogen) atoms. The van der Waals surface area contributed by atoms with Crippen LogP contribution >= 0.6 is 0 Å². The van der Waals surface area contributed by atoms with Gasteiger partial charge in [-0.05, 0) is 24.6 Å². The Labute approximate surface area is 105 Å². The van der Waals surface area contributed by atoms with E-state index in [0.717, 1.165) is 4.48 Å². The molecule has 0 saturated carbocycles. The Morgan fingerprint density at radius 3 is 2.31 bits per heavy atom. The minimum Gasteiger partial charge on any atom is -1.00 e. The molecule has 0 radical (unpaired) electrons. The van der Waals surface area contributed by atoms with Crippen molar-refractivity contribution in [3.8, 4) is 0 Å². The summed E-state index contributed by atoms with van der Waals surface area (Å²) in [6.45, 7) is 7.00. The second-order valence-electron chi connectivity index (χ2n) is 5.21. The van der Waals surface area contributed by atoms with Gasteiger partial charge in [0.15, 0.2) is 0 Å². The van der Waals surface area contributed by atoms with Crippen molar-refractivity contribution in [1.82, 2.24) is 0 Å². The van der Waals surface area contributed by atoms with Gasteiger partial charge in [-0.1, -0.05) is 12.1 Å². The van der Waals surface area contributed by atoms with E-state index in [1.165, 1.54) is 37.4 Å². The van der Waals surface area contributed by atoms with Crippen molar-refractivity contribution in [1.29, 1.82) is 0 Å². The number of aryl methyl sites for hydroxylation is 1. The molecule has 1 aromatic rings. The number of halogens is 1. The third-order valence-corrected chi connectivity index (χ3v) is 3.32. The fourth-order valence-corrected chi connectivity index (χ4v) is 2.09. The zero-order chi connectivity index (χ0) is 10.9. The molecular formula is C13H21ClN2. The van der Waals surface area contributed by atoms with Gasteiger partial charge in [-0.25, -0.2) is 0 Å². The number of piperazine rings is 1. The first-order valence-corrected chi connectivity index (χ1v) is 5.70. The molecule has 1 fully saturated rings. The summed E-state index contributed by atoms with van der Waals surface area (Å²) in [5.41, 5.74) is 2.74. The van der Waals surface area contributed by atoms with E-state index in [9.17, 15) is 0 Å². The Kier molecular flexibility index (Phi) is 4.22. The average molecular weight is 241 g/mol. The molecule has 3 heteroatoms. The third kappa shape index (κ3) is 3.13. The molecular weight excluding hydrogens is 220 g/mol. The highest BCUT2D eigenvalue weighted by molar-refractivity contribution is 5.48. The van der Waals surface area contributed by atoms with Crippen LogP contribution in [-0.2, 0) is 0 Å². The Hall–Kier alpha value is -0.730. The topological polar surface area (TPSA) is 3.24 Å². The second kappa shape index (κ2) is 5.07. The van der Waals surface area contributed by atoms with E-state index < -0.39 is 0 Å². The molecule has 2 rings (SSSR count). The van der Waals surface area contributed by atoms with Crippen LogP contribution in [0.15, 0.2) is 24.3 Å². The van der Waals surface area contributed by atoms with Gasteiger partial charge in [0.2, 0.25) is 0 Å². The molecule has 1 aliphatic rings. The molecule has 1 aromatic carbocycles. The molecule has 1 saturated heterocycles. The van der Waals surface area contributed by atoms with Gasteiger partial charge in [-0.2, -0.15) is 0 Å². The maximum Gasteiger partial charge on any atom is 0.0961 e. The van der Waals surface area contributed by atoms with Gasteiger partial charge in [0.25, 0.3) is 0 Å². The van der Waals surface area contributed by atoms with Crippen molar-refractivity contribution in [2.75, 3.05) is 45.2 Å². The van der Waals surface area contributed by atoms with Crippen LogP contribution in [0, 0.1) is 6.92 Å². The second-order valence-corrected chi connectivity index (χ2v) is 5.21. The van der Waals surface area contributed by atoms with Gasteiger partial charge < -0.3 is 21.8 Å². The SMILES string of the molecule is Cc1cccc(N2CC[N+](C)(C)CC2)c1.[Cl-]. The van der Waals surface area contributed by atoms with Crippen LogP contribution in [0.5, 0.6) is 0 Å². The number of rotatable bonds is 1. The number of likely N-dealkylation sites (N-methyl/N-ethyl adjacent to an activating group) is 1. The number of anilines is 1. The summed E-state index contributed by atoms with van der Waals surface area (Å²) in [5, 5.41) is 0. The first kappa shape index (κ1) is 13.3. The van der Waals surface area contributed by atoms with Gasteiger partial charge in [0.05, 0.1) is 40.3 Å². The molecule has 0 atom stereocenters. The van der Waals surface area contributed by atoms with Crippen molar-refractivity contribution < 1.29 is 16.9 Å². The van der Waals surface area contributed by atoms with E-state index in [0.29, 0.717) is 0 Å². The highest BCUT2D eigenvalue weighted by Crippen LogP contribution is 2.18. The summed E-state index contributed by atoms with van der Waals surface area (Å²) < 4.78 is 1.16. The standard InChI is InChI=1S/C13H21N2.ClH/c1-12-5-4-6-13(11-12)14-7-9-15(2,3)10-8-14;/h4-6,11H,7-10H2,1-3H3;1H/q+1;/p-1. The molecule has 0 aromatic heterocycles. The van der Waals surface area contributed by atoms with Crippen LogP contribution in [0.1, 0.15) is 5.56 Å². The van der Waals surface area contributed by atoms with Crippen LogP contribution in [-0.4, -0.2) is 44.8 Å². The van der Waals surface area contributed by atoms with Gasteiger partial charge in [-0.3, -0.25) is 0 Å². The van der Waals surface area contributed by atoms with Gasteiger partial charge in [0.1, 0.15) is 0 Å². The molecule has 90 valence electrons. The molecule has 0 aliphatic carbocycles. The Morgan fingerprint density at radius 2 is 1.75 bits per heavy atom. The maximum absolute atomic E-state index is 2.50. The quantitative estimate of drug-likeness (QED) is 0.564. The fraction of sp³-hybridized carbons (Fsp3) is 0.538. The van der Waals surface area contributed by atoms with Crippen molar-refractivity contribution in [2.45, 2.75) is 6.92 Å². The predicted molar refractivity (Wildman–Crippen MR) is 65.2 cm³/mol. The van der Waals surface area contributed by atoms with Gasteiger partial charge in [-0.15, -0.1) is 0 Å². The van der Waals surface area contributed by atoms with E-state index in [1.807, 2.05) is 0 Å². The Bertz CT molecular complexity index is 340. The van der Waals surface area contributed by atoms with Crippen LogP contribution < -0.4 is 17.3 Å². The predicted octanol–water partition coefficient (Wildman–Crippen LogP) is -1.10. The molecule has 0 bridgehead atoms. The third-order valence-electron chi connectivity index (χ3n) is 3.32. The summed E-state index contributed by atoms with van der Waals surface area (Å²) >= 11 is 0. The van der Waals surface area contributed by atoms with E-state index in [4.69, 9.17) is 0 Å². The summed E-state index contributed by atoms with van der Waals surface area (Å²) in [7, 11) is 4.63. The van der Waals surface area contributed by atoms with Crippen molar-refractivity contribution in [2.24, 2.45) is 0 Å². The molecule has 0 N–H and O–H groups in total. The van der Waals surface area contributed by atoms with E-state index >= 15 is 0 Å². The van der Waals surface area contributed by atoms with Crippen molar-refractivity contribution in [3.63, 3.8) is 0 Å². The van der Waals surface area contributed by atoms with Crippen molar-refractivity contribution in [3.05, 3.63) is 29.8 Å². The lowest BCUT2D eigenvalue weighted by molar-refractivity contribution is -0.890. The average Bonchev–Trinajstić information content (AvgIpc) is 2.17. The minimum atomic E-state index is 0. The van der Waals surface area contributed by atoms with Crippen molar-refractivity contribution >= 4 is 5.69 Å². The highest BCUT2D eigenvalue weighted by atomic mass is 35.5. The van der Waals surface area contributed by atoms with E-state index in [1.54, 1.807) is 0 Å². The smallest absolute Gasteiger partial charge is 0.0961 e. The van der Waals surface area contributed by atoms with Crippen LogP contribution in [0.2, 0.25) is 0 Å². The molecule has 2 nitrogen and oxygen atoms in total. The number of hydrogen-bond donors (Lipinski definition) is 0. The monoisotopic (exact) mass is 240 g/mol. The lowest BCUT2D eigenvalue weighted by atomic mass is 10.2. The summed E-state index contributed by atoms with van der Waals surface area (Å²) in [6.07, 6.45) is 0. The first-order valence-electron chi connectivity index (χ1n) is 5.70. The largest absolute Gasteiger partial charge is 1.00 e.